The van der Waals surface area contributed by atoms with Gasteiger partial charge in [0.25, 0.3) is 0 Å². The second kappa shape index (κ2) is 4.39. The van der Waals surface area contributed by atoms with Crippen LogP contribution in [0.15, 0.2) is 18.3 Å². The topological polar surface area (TPSA) is 70.4 Å². The van der Waals surface area contributed by atoms with Crippen LogP contribution in [-0.2, 0) is 4.79 Å². The molecule has 0 spiro atoms. The molecule has 0 saturated carbocycles. The van der Waals surface area contributed by atoms with Gasteiger partial charge in [-0.25, -0.2) is 4.98 Å². The van der Waals surface area contributed by atoms with E-state index in [4.69, 9.17) is 16.7 Å². The molecule has 1 aromatic rings. The lowest BCUT2D eigenvalue weighted by Gasteiger charge is -2.15. The van der Waals surface area contributed by atoms with Crippen molar-refractivity contribution >= 4 is 17.6 Å². The minimum atomic E-state index is -1.13. The number of aliphatic hydroxyl groups is 1. The zero-order chi connectivity index (χ0) is 10.7. The minimum Gasteiger partial charge on any atom is -0.481 e. The molecule has 4 nitrogen and oxygen atoms in total. The van der Waals surface area contributed by atoms with Crippen molar-refractivity contribution in [2.45, 2.75) is 13.0 Å². The SMILES string of the molecule is CC(C(=O)O)C(O)c1cccnc1Cl. The van der Waals surface area contributed by atoms with Crippen LogP contribution in [0.2, 0.25) is 5.15 Å². The lowest BCUT2D eigenvalue weighted by atomic mass is 9.99. The van der Waals surface area contributed by atoms with Crippen LogP contribution in [0.1, 0.15) is 18.6 Å². The Morgan fingerprint density at radius 2 is 2.29 bits per heavy atom. The number of halogens is 1. The smallest absolute Gasteiger partial charge is 0.309 e. The van der Waals surface area contributed by atoms with Crippen LogP contribution < -0.4 is 0 Å². The van der Waals surface area contributed by atoms with Crippen LogP contribution in [0.4, 0.5) is 0 Å². The predicted octanol–water partition coefficient (Wildman–Crippen LogP) is 1.49. The van der Waals surface area contributed by atoms with E-state index in [1.54, 1.807) is 12.1 Å². The molecule has 0 aliphatic rings. The van der Waals surface area contributed by atoms with Gasteiger partial charge in [0, 0.05) is 11.8 Å². The summed E-state index contributed by atoms with van der Waals surface area (Å²) in [4.78, 5) is 14.4. The second-order valence-electron chi connectivity index (χ2n) is 2.96. The number of rotatable bonds is 3. The Labute approximate surface area is 86.2 Å². The summed E-state index contributed by atoms with van der Waals surface area (Å²) >= 11 is 5.70. The number of carbonyl (C=O) groups is 1. The first kappa shape index (κ1) is 10.9. The van der Waals surface area contributed by atoms with Gasteiger partial charge < -0.3 is 10.2 Å². The molecule has 2 unspecified atom stereocenters. The van der Waals surface area contributed by atoms with Gasteiger partial charge in [-0.1, -0.05) is 17.7 Å². The van der Waals surface area contributed by atoms with E-state index in [0.717, 1.165) is 0 Å². The highest BCUT2D eigenvalue weighted by Crippen LogP contribution is 2.26. The van der Waals surface area contributed by atoms with E-state index >= 15 is 0 Å². The summed E-state index contributed by atoms with van der Waals surface area (Å²) in [5.74, 6) is -1.98. The van der Waals surface area contributed by atoms with Crippen LogP contribution in [0, 0.1) is 5.92 Å². The molecule has 0 saturated heterocycles. The summed E-state index contributed by atoms with van der Waals surface area (Å²) in [6.45, 7) is 1.41. The minimum absolute atomic E-state index is 0.133. The largest absolute Gasteiger partial charge is 0.481 e. The van der Waals surface area contributed by atoms with Crippen molar-refractivity contribution in [1.82, 2.24) is 4.98 Å². The van der Waals surface area contributed by atoms with Gasteiger partial charge in [-0.3, -0.25) is 4.79 Å². The number of pyridine rings is 1. The van der Waals surface area contributed by atoms with E-state index in [-0.39, 0.29) is 5.15 Å². The number of aromatic nitrogens is 1. The van der Waals surface area contributed by atoms with Crippen LogP contribution >= 0.6 is 11.6 Å². The fourth-order valence-corrected chi connectivity index (χ4v) is 1.25. The summed E-state index contributed by atoms with van der Waals surface area (Å²) in [6, 6.07) is 3.15. The number of hydrogen-bond donors (Lipinski definition) is 2. The number of carboxylic acid groups (broad SMARTS) is 1. The first-order chi connectivity index (χ1) is 6.54. The monoisotopic (exact) mass is 215 g/mol. The molecule has 5 heteroatoms. The number of aliphatic carboxylic acids is 1. The van der Waals surface area contributed by atoms with Gasteiger partial charge in [-0.15, -0.1) is 0 Å². The quantitative estimate of drug-likeness (QED) is 0.750. The Balaban J connectivity index is 2.94. The van der Waals surface area contributed by atoms with Crippen molar-refractivity contribution in [3.63, 3.8) is 0 Å². The Morgan fingerprint density at radius 1 is 1.64 bits per heavy atom. The molecule has 0 amide bonds. The third-order valence-electron chi connectivity index (χ3n) is 1.97. The lowest BCUT2D eigenvalue weighted by molar-refractivity contribution is -0.145. The van der Waals surface area contributed by atoms with Crippen molar-refractivity contribution < 1.29 is 15.0 Å². The maximum atomic E-state index is 10.6. The van der Waals surface area contributed by atoms with Crippen molar-refractivity contribution in [3.05, 3.63) is 29.0 Å². The maximum Gasteiger partial charge on any atom is 0.309 e. The van der Waals surface area contributed by atoms with Crippen molar-refractivity contribution in [2.24, 2.45) is 5.92 Å². The summed E-state index contributed by atoms with van der Waals surface area (Å²) in [5.41, 5.74) is 0.337. The van der Waals surface area contributed by atoms with E-state index in [1.165, 1.54) is 13.1 Å². The first-order valence-electron chi connectivity index (χ1n) is 4.05. The number of aliphatic hydroxyl groups excluding tert-OH is 1. The summed E-state index contributed by atoms with van der Waals surface area (Å²) in [5, 5.41) is 18.4. The molecular weight excluding hydrogens is 206 g/mol. The molecular formula is C9H10ClNO3. The van der Waals surface area contributed by atoms with E-state index in [9.17, 15) is 9.90 Å². The van der Waals surface area contributed by atoms with Crippen LogP contribution in [0.5, 0.6) is 0 Å². The Morgan fingerprint density at radius 3 is 2.79 bits per heavy atom. The molecule has 0 radical (unpaired) electrons. The van der Waals surface area contributed by atoms with Crippen molar-refractivity contribution in [3.8, 4) is 0 Å². The summed E-state index contributed by atoms with van der Waals surface area (Å²) in [6.07, 6.45) is 0.345. The molecule has 0 bridgehead atoms. The summed E-state index contributed by atoms with van der Waals surface area (Å²) in [7, 11) is 0. The molecule has 2 N–H and O–H groups in total. The molecule has 1 heterocycles. The van der Waals surface area contributed by atoms with E-state index in [2.05, 4.69) is 4.98 Å². The fourth-order valence-electron chi connectivity index (χ4n) is 1.02. The van der Waals surface area contributed by atoms with E-state index < -0.39 is 18.0 Å². The van der Waals surface area contributed by atoms with Crippen molar-refractivity contribution in [1.29, 1.82) is 0 Å². The average Bonchev–Trinajstić information content (AvgIpc) is 2.16. The Hall–Kier alpha value is -1.13. The summed E-state index contributed by atoms with van der Waals surface area (Å²) < 4.78 is 0. The van der Waals surface area contributed by atoms with Gasteiger partial charge in [0.15, 0.2) is 0 Å². The molecule has 0 aliphatic heterocycles. The second-order valence-corrected chi connectivity index (χ2v) is 3.31. The molecule has 76 valence electrons. The van der Waals surface area contributed by atoms with E-state index in [1.807, 2.05) is 0 Å². The average molecular weight is 216 g/mol. The fraction of sp³-hybridized carbons (Fsp3) is 0.333. The maximum absolute atomic E-state index is 10.6. The third kappa shape index (κ3) is 2.21. The first-order valence-corrected chi connectivity index (χ1v) is 4.43. The molecule has 0 fully saturated rings. The van der Waals surface area contributed by atoms with Crippen LogP contribution in [0.25, 0.3) is 0 Å². The Bertz CT molecular complexity index is 343. The molecule has 1 aromatic heterocycles. The van der Waals surface area contributed by atoms with Crippen molar-refractivity contribution in [2.75, 3.05) is 0 Å². The van der Waals surface area contributed by atoms with Gasteiger partial charge in [0.1, 0.15) is 5.15 Å². The molecule has 0 aliphatic carbocycles. The Kier molecular flexibility index (Phi) is 3.43. The lowest BCUT2D eigenvalue weighted by Crippen LogP contribution is -2.19. The van der Waals surface area contributed by atoms with Gasteiger partial charge in [0.2, 0.25) is 0 Å². The van der Waals surface area contributed by atoms with Gasteiger partial charge in [0.05, 0.1) is 12.0 Å². The number of carboxylic acids is 1. The standard InChI is InChI=1S/C9H10ClNO3/c1-5(9(13)14)7(12)6-3-2-4-11-8(6)10/h2-5,7,12H,1H3,(H,13,14). The normalized spacial score (nSPS) is 14.8. The molecule has 0 aromatic carbocycles. The van der Waals surface area contributed by atoms with E-state index in [0.29, 0.717) is 5.56 Å². The predicted molar refractivity (Wildman–Crippen MR) is 51.0 cm³/mol. The number of nitrogens with zero attached hydrogens (tertiary/aromatic N) is 1. The zero-order valence-corrected chi connectivity index (χ0v) is 8.27. The highest BCUT2D eigenvalue weighted by atomic mass is 35.5. The number of hydrogen-bond acceptors (Lipinski definition) is 3. The highest BCUT2D eigenvalue weighted by molar-refractivity contribution is 6.30. The zero-order valence-electron chi connectivity index (χ0n) is 7.51. The van der Waals surface area contributed by atoms with Crippen LogP contribution in [-0.4, -0.2) is 21.2 Å². The van der Waals surface area contributed by atoms with Gasteiger partial charge in [-0.05, 0) is 13.0 Å². The van der Waals surface area contributed by atoms with Crippen LogP contribution in [0.3, 0.4) is 0 Å². The highest BCUT2D eigenvalue weighted by Gasteiger charge is 2.24. The molecule has 14 heavy (non-hydrogen) atoms. The van der Waals surface area contributed by atoms with Gasteiger partial charge >= 0.3 is 5.97 Å². The third-order valence-corrected chi connectivity index (χ3v) is 2.29. The van der Waals surface area contributed by atoms with Gasteiger partial charge in [-0.2, -0.15) is 0 Å². The molecule has 2 atom stereocenters. The molecule has 1 rings (SSSR count).